The van der Waals surface area contributed by atoms with E-state index in [4.69, 9.17) is 9.47 Å². The molecule has 4 amide bonds. The minimum Gasteiger partial charge on any atom is -0.493 e. The van der Waals surface area contributed by atoms with Crippen molar-refractivity contribution >= 4 is 27.9 Å². The van der Waals surface area contributed by atoms with Gasteiger partial charge in [-0.15, -0.1) is 0 Å². The van der Waals surface area contributed by atoms with Crippen LogP contribution in [-0.4, -0.2) is 92.9 Å². The van der Waals surface area contributed by atoms with Gasteiger partial charge in [-0.1, -0.05) is 0 Å². The van der Waals surface area contributed by atoms with Gasteiger partial charge in [-0.2, -0.15) is 4.31 Å². The molecule has 4 rings (SSSR count). The van der Waals surface area contributed by atoms with Crippen molar-refractivity contribution in [2.75, 3.05) is 46.9 Å². The summed E-state index contributed by atoms with van der Waals surface area (Å²) in [7, 11) is -0.901. The lowest BCUT2D eigenvalue weighted by atomic mass is 9.96. The number of hydrogen-bond donors (Lipinski definition) is 1. The highest BCUT2D eigenvalue weighted by Crippen LogP contribution is 2.42. The fourth-order valence-corrected chi connectivity index (χ4v) is 5.77. The summed E-state index contributed by atoms with van der Waals surface area (Å²) in [5.74, 6) is 0.0726. The van der Waals surface area contributed by atoms with Gasteiger partial charge in [-0.25, -0.2) is 13.2 Å². The molecular formula is C21H28N4O7S. The number of nitrogens with one attached hydrogen (secondary N) is 1. The van der Waals surface area contributed by atoms with Crippen molar-refractivity contribution in [2.24, 2.45) is 5.92 Å². The zero-order valence-corrected chi connectivity index (χ0v) is 19.7. The zero-order valence-electron chi connectivity index (χ0n) is 18.9. The van der Waals surface area contributed by atoms with Gasteiger partial charge < -0.3 is 19.7 Å². The first-order valence-corrected chi connectivity index (χ1v) is 12.2. The average molecular weight is 481 g/mol. The molecule has 0 bridgehead atoms. The van der Waals surface area contributed by atoms with Crippen LogP contribution in [0.2, 0.25) is 0 Å². The average Bonchev–Trinajstić information content (AvgIpc) is 3.64. The Bertz CT molecular complexity index is 1080. The molecule has 1 unspecified atom stereocenters. The quantitative estimate of drug-likeness (QED) is 0.555. The number of piperazine rings is 1. The van der Waals surface area contributed by atoms with E-state index in [1.165, 1.54) is 41.6 Å². The van der Waals surface area contributed by atoms with E-state index in [1.807, 2.05) is 0 Å². The Morgan fingerprint density at radius 2 is 1.73 bits per heavy atom. The van der Waals surface area contributed by atoms with Gasteiger partial charge in [-0.3, -0.25) is 14.5 Å². The Hall–Kier alpha value is -2.86. The predicted octanol–water partition coefficient (Wildman–Crippen LogP) is 0.257. The SMILES string of the molecule is COc1ccc(S(=O)(=O)N2CCN(C(=O)CN3C(=O)NC(C)(C4CC4)C3=O)CC2)cc1OC. The number of amides is 4. The lowest BCUT2D eigenvalue weighted by Crippen LogP contribution is -2.53. The van der Waals surface area contributed by atoms with Crippen LogP contribution < -0.4 is 14.8 Å². The van der Waals surface area contributed by atoms with Crippen molar-refractivity contribution in [3.8, 4) is 11.5 Å². The molecule has 1 aromatic carbocycles. The smallest absolute Gasteiger partial charge is 0.325 e. The Kier molecular flexibility index (Phi) is 5.99. The lowest BCUT2D eigenvalue weighted by Gasteiger charge is -2.34. The summed E-state index contributed by atoms with van der Waals surface area (Å²) >= 11 is 0. The highest BCUT2D eigenvalue weighted by atomic mass is 32.2. The second-order valence-corrected chi connectivity index (χ2v) is 10.5. The number of urea groups is 1. The number of benzene rings is 1. The number of carbonyl (C=O) groups excluding carboxylic acids is 3. The van der Waals surface area contributed by atoms with E-state index >= 15 is 0 Å². The molecule has 1 aliphatic carbocycles. The molecule has 3 fully saturated rings. The minimum absolute atomic E-state index is 0.0682. The van der Waals surface area contributed by atoms with Crippen LogP contribution in [0.4, 0.5) is 4.79 Å². The molecule has 0 aromatic heterocycles. The summed E-state index contributed by atoms with van der Waals surface area (Å²) in [4.78, 5) is 40.3. The Balaban J connectivity index is 1.38. The molecule has 180 valence electrons. The largest absolute Gasteiger partial charge is 0.493 e. The molecule has 1 saturated carbocycles. The van der Waals surface area contributed by atoms with E-state index in [-0.39, 0.29) is 55.4 Å². The van der Waals surface area contributed by atoms with Gasteiger partial charge in [0.2, 0.25) is 15.9 Å². The maximum Gasteiger partial charge on any atom is 0.325 e. The second kappa shape index (κ2) is 8.49. The van der Waals surface area contributed by atoms with Crippen LogP contribution in [0.1, 0.15) is 19.8 Å². The number of methoxy groups -OCH3 is 2. The van der Waals surface area contributed by atoms with E-state index in [1.54, 1.807) is 6.92 Å². The van der Waals surface area contributed by atoms with Crippen LogP contribution in [0.25, 0.3) is 0 Å². The second-order valence-electron chi connectivity index (χ2n) is 8.60. The molecule has 1 atom stereocenters. The van der Waals surface area contributed by atoms with Gasteiger partial charge in [0.25, 0.3) is 5.91 Å². The van der Waals surface area contributed by atoms with Crippen LogP contribution in [0.5, 0.6) is 11.5 Å². The van der Waals surface area contributed by atoms with E-state index < -0.39 is 21.6 Å². The van der Waals surface area contributed by atoms with Crippen molar-refractivity contribution in [3.63, 3.8) is 0 Å². The van der Waals surface area contributed by atoms with E-state index in [9.17, 15) is 22.8 Å². The van der Waals surface area contributed by atoms with Crippen molar-refractivity contribution < 1.29 is 32.3 Å². The topological polar surface area (TPSA) is 126 Å². The van der Waals surface area contributed by atoms with Gasteiger partial charge in [0, 0.05) is 32.2 Å². The fourth-order valence-electron chi connectivity index (χ4n) is 4.34. The monoisotopic (exact) mass is 480 g/mol. The van der Waals surface area contributed by atoms with E-state index in [2.05, 4.69) is 5.32 Å². The fraction of sp³-hybridized carbons (Fsp3) is 0.571. The molecule has 0 radical (unpaired) electrons. The summed E-state index contributed by atoms with van der Waals surface area (Å²) in [5.41, 5.74) is -0.941. The number of carbonyl (C=O) groups is 3. The standard InChI is InChI=1S/C21H28N4O7S/c1-21(14-4-5-14)19(27)25(20(28)22-21)13-18(26)23-8-10-24(11-9-23)33(29,30)15-6-7-16(31-2)17(12-15)32-3/h6-7,12,14H,4-5,8-11,13H2,1-3H3,(H,22,28). The third-order valence-corrected chi connectivity index (χ3v) is 8.47. The third-order valence-electron chi connectivity index (χ3n) is 6.57. The summed E-state index contributed by atoms with van der Waals surface area (Å²) in [6.45, 7) is 1.87. The van der Waals surface area contributed by atoms with Crippen LogP contribution in [0.15, 0.2) is 23.1 Å². The molecule has 11 nitrogen and oxygen atoms in total. The number of rotatable bonds is 7. The number of imide groups is 1. The number of hydrogen-bond acceptors (Lipinski definition) is 7. The highest BCUT2D eigenvalue weighted by Gasteiger charge is 2.56. The normalized spacial score (nSPS) is 24.1. The van der Waals surface area contributed by atoms with Crippen molar-refractivity contribution in [1.29, 1.82) is 0 Å². The van der Waals surface area contributed by atoms with Gasteiger partial charge in [0.1, 0.15) is 12.1 Å². The third kappa shape index (κ3) is 4.12. The summed E-state index contributed by atoms with van der Waals surface area (Å²) in [6.07, 6.45) is 1.75. The van der Waals surface area contributed by atoms with E-state index in [0.29, 0.717) is 11.5 Å². The van der Waals surface area contributed by atoms with Gasteiger partial charge >= 0.3 is 6.03 Å². The maximum atomic E-state index is 13.1. The number of nitrogens with zero attached hydrogens (tertiary/aromatic N) is 3. The summed E-state index contributed by atoms with van der Waals surface area (Å²) in [5, 5.41) is 2.72. The van der Waals surface area contributed by atoms with Crippen LogP contribution in [-0.2, 0) is 19.6 Å². The minimum atomic E-state index is -3.80. The summed E-state index contributed by atoms with van der Waals surface area (Å²) < 4.78 is 37.8. The molecule has 2 aliphatic heterocycles. The van der Waals surface area contributed by atoms with Crippen molar-refractivity contribution in [3.05, 3.63) is 18.2 Å². The summed E-state index contributed by atoms with van der Waals surface area (Å²) in [6, 6.07) is 3.82. The Morgan fingerprint density at radius 3 is 2.30 bits per heavy atom. The van der Waals surface area contributed by atoms with Gasteiger partial charge in [0.15, 0.2) is 11.5 Å². The molecule has 1 N–H and O–H groups in total. The lowest BCUT2D eigenvalue weighted by molar-refractivity contribution is -0.139. The van der Waals surface area contributed by atoms with Gasteiger partial charge in [0.05, 0.1) is 19.1 Å². The van der Waals surface area contributed by atoms with Gasteiger partial charge in [-0.05, 0) is 37.8 Å². The molecule has 3 aliphatic rings. The van der Waals surface area contributed by atoms with E-state index in [0.717, 1.165) is 17.7 Å². The molecule has 12 heteroatoms. The molecule has 0 spiro atoms. The first kappa shape index (κ1) is 23.3. The molecule has 2 heterocycles. The predicted molar refractivity (Wildman–Crippen MR) is 116 cm³/mol. The maximum absolute atomic E-state index is 13.1. The Labute approximate surface area is 192 Å². The van der Waals surface area contributed by atoms with Crippen LogP contribution in [0, 0.1) is 5.92 Å². The van der Waals surface area contributed by atoms with Crippen LogP contribution in [0.3, 0.4) is 0 Å². The van der Waals surface area contributed by atoms with Crippen LogP contribution >= 0.6 is 0 Å². The highest BCUT2D eigenvalue weighted by molar-refractivity contribution is 7.89. The molecule has 1 aromatic rings. The zero-order chi connectivity index (χ0) is 24.0. The van der Waals surface area contributed by atoms with Crippen molar-refractivity contribution in [1.82, 2.24) is 19.4 Å². The first-order chi connectivity index (χ1) is 15.6. The number of sulfonamides is 1. The molecule has 33 heavy (non-hydrogen) atoms. The van der Waals surface area contributed by atoms with Crippen molar-refractivity contribution in [2.45, 2.75) is 30.2 Å². The number of ether oxygens (including phenoxy) is 2. The first-order valence-electron chi connectivity index (χ1n) is 10.8. The Morgan fingerprint density at radius 1 is 1.09 bits per heavy atom. The molecular weight excluding hydrogens is 452 g/mol. The molecule has 2 saturated heterocycles.